The van der Waals surface area contributed by atoms with E-state index in [1.807, 2.05) is 0 Å². The molecule has 2 aromatic rings. The summed E-state index contributed by atoms with van der Waals surface area (Å²) in [6.07, 6.45) is 9.50. The fraction of sp³-hybridized carbons (Fsp3) is 0.0667. The van der Waals surface area contributed by atoms with E-state index in [4.69, 9.17) is 0 Å². The molecule has 0 aromatic heterocycles. The van der Waals surface area contributed by atoms with Gasteiger partial charge in [0.1, 0.15) is 0 Å². The maximum Gasteiger partial charge on any atom is 0 e. The summed E-state index contributed by atoms with van der Waals surface area (Å²) < 4.78 is 0. The van der Waals surface area contributed by atoms with Crippen LogP contribution in [0.15, 0.2) is 72.8 Å². The Labute approximate surface area is 107 Å². The molecule has 0 radical (unpaired) electrons. The molecular formula is C15H14Fe. The second-order valence-corrected chi connectivity index (χ2v) is 3.44. The van der Waals surface area contributed by atoms with Gasteiger partial charge in [-0.3, -0.25) is 0 Å². The fourth-order valence-corrected chi connectivity index (χ4v) is 1.53. The van der Waals surface area contributed by atoms with Crippen molar-refractivity contribution in [2.45, 2.75) is 6.42 Å². The standard InChI is InChI=1S/C10H8.C5H6.Fe/c1-2-6-10-8-4-3-7-9(10)5-1;1-2-4-5-3-1;/h1-8H;1-4H,5H2;. The quantitative estimate of drug-likeness (QED) is 0.610. The smallest absolute Gasteiger partial charge is 0 e. The molecular weight excluding hydrogens is 236 g/mol. The molecule has 0 bridgehead atoms. The van der Waals surface area contributed by atoms with E-state index in [0.29, 0.717) is 0 Å². The summed E-state index contributed by atoms with van der Waals surface area (Å²) >= 11 is 0. The van der Waals surface area contributed by atoms with Crippen LogP contribution in [-0.4, -0.2) is 0 Å². The van der Waals surface area contributed by atoms with Crippen LogP contribution >= 0.6 is 0 Å². The molecule has 0 amide bonds. The van der Waals surface area contributed by atoms with Crippen LogP contribution in [0.3, 0.4) is 0 Å². The molecule has 1 aliphatic carbocycles. The van der Waals surface area contributed by atoms with Gasteiger partial charge >= 0.3 is 0 Å². The molecule has 16 heavy (non-hydrogen) atoms. The molecule has 0 unspecified atom stereocenters. The van der Waals surface area contributed by atoms with E-state index in [-0.39, 0.29) is 17.1 Å². The van der Waals surface area contributed by atoms with Gasteiger partial charge < -0.3 is 0 Å². The zero-order chi connectivity index (χ0) is 10.3. The minimum absolute atomic E-state index is 0. The summed E-state index contributed by atoms with van der Waals surface area (Å²) in [7, 11) is 0. The number of hydrogen-bond acceptors (Lipinski definition) is 0. The largest absolute Gasteiger partial charge is 0.0808 e. The molecule has 0 heterocycles. The zero-order valence-electron chi connectivity index (χ0n) is 8.99. The van der Waals surface area contributed by atoms with Crippen LogP contribution in [0.25, 0.3) is 10.8 Å². The number of allylic oxidation sites excluding steroid dienone is 4. The Bertz CT molecular complexity index is 408. The molecule has 0 nitrogen and oxygen atoms in total. The Hall–Kier alpha value is -1.30. The van der Waals surface area contributed by atoms with Crippen LogP contribution in [0.5, 0.6) is 0 Å². The Morgan fingerprint density at radius 1 is 0.625 bits per heavy atom. The van der Waals surface area contributed by atoms with Gasteiger partial charge in [-0.15, -0.1) is 0 Å². The summed E-state index contributed by atoms with van der Waals surface area (Å²) in [5.74, 6) is 0. The van der Waals surface area contributed by atoms with Crippen molar-refractivity contribution in [1.29, 1.82) is 0 Å². The van der Waals surface area contributed by atoms with Crippen molar-refractivity contribution in [2.75, 3.05) is 0 Å². The first-order valence-corrected chi connectivity index (χ1v) is 5.22. The number of benzene rings is 2. The van der Waals surface area contributed by atoms with Crippen LogP contribution in [-0.2, 0) is 17.1 Å². The Balaban J connectivity index is 0.000000183. The molecule has 0 spiro atoms. The van der Waals surface area contributed by atoms with E-state index in [1.165, 1.54) is 10.8 Å². The van der Waals surface area contributed by atoms with Crippen molar-refractivity contribution in [3.8, 4) is 0 Å². The Morgan fingerprint density at radius 2 is 1.00 bits per heavy atom. The minimum Gasteiger partial charge on any atom is -0.0808 e. The van der Waals surface area contributed by atoms with E-state index in [9.17, 15) is 0 Å². The average Bonchev–Trinajstić information content (AvgIpc) is 2.88. The molecule has 0 saturated heterocycles. The van der Waals surface area contributed by atoms with Gasteiger partial charge in [0.15, 0.2) is 0 Å². The van der Waals surface area contributed by atoms with Gasteiger partial charge in [0.05, 0.1) is 0 Å². The third-order valence-corrected chi connectivity index (χ3v) is 2.31. The molecule has 3 rings (SSSR count). The van der Waals surface area contributed by atoms with E-state index < -0.39 is 0 Å². The van der Waals surface area contributed by atoms with E-state index >= 15 is 0 Å². The predicted octanol–water partition coefficient (Wildman–Crippen LogP) is 4.34. The first-order chi connectivity index (χ1) is 7.47. The molecule has 82 valence electrons. The minimum atomic E-state index is 0. The summed E-state index contributed by atoms with van der Waals surface area (Å²) in [6.45, 7) is 0. The van der Waals surface area contributed by atoms with Gasteiger partial charge in [0.25, 0.3) is 0 Å². The van der Waals surface area contributed by atoms with Gasteiger partial charge in [-0.1, -0.05) is 72.8 Å². The van der Waals surface area contributed by atoms with Crippen molar-refractivity contribution < 1.29 is 17.1 Å². The van der Waals surface area contributed by atoms with Crippen molar-refractivity contribution in [1.82, 2.24) is 0 Å². The van der Waals surface area contributed by atoms with Crippen LogP contribution in [0.1, 0.15) is 6.42 Å². The van der Waals surface area contributed by atoms with Gasteiger partial charge in [0, 0.05) is 17.1 Å². The van der Waals surface area contributed by atoms with Crippen LogP contribution in [0.4, 0.5) is 0 Å². The molecule has 0 atom stereocenters. The first kappa shape index (κ1) is 12.8. The fourth-order valence-electron chi connectivity index (χ4n) is 1.53. The third-order valence-electron chi connectivity index (χ3n) is 2.31. The summed E-state index contributed by atoms with van der Waals surface area (Å²) in [5.41, 5.74) is 0. The van der Waals surface area contributed by atoms with Crippen LogP contribution in [0, 0.1) is 0 Å². The molecule has 0 saturated carbocycles. The second kappa shape index (κ2) is 7.05. The molecule has 2 aromatic carbocycles. The maximum absolute atomic E-state index is 2.12. The Morgan fingerprint density at radius 3 is 1.25 bits per heavy atom. The predicted molar refractivity (Wildman–Crippen MR) is 66.8 cm³/mol. The molecule has 1 aliphatic rings. The van der Waals surface area contributed by atoms with E-state index in [0.717, 1.165) is 6.42 Å². The van der Waals surface area contributed by atoms with Crippen molar-refractivity contribution in [3.05, 3.63) is 72.8 Å². The van der Waals surface area contributed by atoms with Crippen molar-refractivity contribution in [3.63, 3.8) is 0 Å². The number of rotatable bonds is 0. The molecule has 1 heteroatoms. The van der Waals surface area contributed by atoms with Crippen LogP contribution in [0.2, 0.25) is 0 Å². The molecule has 0 fully saturated rings. The second-order valence-electron chi connectivity index (χ2n) is 3.44. The average molecular weight is 250 g/mol. The summed E-state index contributed by atoms with van der Waals surface area (Å²) in [6, 6.07) is 16.7. The first-order valence-electron chi connectivity index (χ1n) is 5.22. The summed E-state index contributed by atoms with van der Waals surface area (Å²) in [5, 5.41) is 2.62. The monoisotopic (exact) mass is 250 g/mol. The topological polar surface area (TPSA) is 0 Å². The van der Waals surface area contributed by atoms with Gasteiger partial charge in [0.2, 0.25) is 0 Å². The number of hydrogen-bond donors (Lipinski definition) is 0. The zero-order valence-corrected chi connectivity index (χ0v) is 10.1. The normalized spacial score (nSPS) is 11.8. The summed E-state index contributed by atoms with van der Waals surface area (Å²) in [4.78, 5) is 0. The van der Waals surface area contributed by atoms with Crippen molar-refractivity contribution >= 4 is 10.8 Å². The molecule has 0 aliphatic heterocycles. The third kappa shape index (κ3) is 3.69. The van der Waals surface area contributed by atoms with E-state index in [1.54, 1.807) is 0 Å². The maximum atomic E-state index is 2.12. The van der Waals surface area contributed by atoms with E-state index in [2.05, 4.69) is 72.8 Å². The number of fused-ring (bicyclic) bond motifs is 1. The van der Waals surface area contributed by atoms with Gasteiger partial charge in [-0.2, -0.15) is 0 Å². The Kier molecular flexibility index (Phi) is 5.63. The van der Waals surface area contributed by atoms with Crippen molar-refractivity contribution in [2.24, 2.45) is 0 Å². The molecule has 0 N–H and O–H groups in total. The van der Waals surface area contributed by atoms with Gasteiger partial charge in [-0.05, 0) is 17.2 Å². The van der Waals surface area contributed by atoms with Crippen LogP contribution < -0.4 is 0 Å². The SMILES string of the molecule is C1=CCC=C1.[Fe].c1ccc2ccccc2c1. The van der Waals surface area contributed by atoms with Gasteiger partial charge in [-0.25, -0.2) is 0 Å².